The van der Waals surface area contributed by atoms with Crippen molar-refractivity contribution in [2.75, 3.05) is 26.7 Å². The lowest BCUT2D eigenvalue weighted by Gasteiger charge is -2.37. The molecule has 1 heterocycles. The van der Waals surface area contributed by atoms with Crippen molar-refractivity contribution in [3.63, 3.8) is 0 Å². The van der Waals surface area contributed by atoms with Crippen LogP contribution in [0.2, 0.25) is 0 Å². The number of hydrogen-bond donors (Lipinski definition) is 1. The maximum atomic E-state index is 5.22. The minimum absolute atomic E-state index is 0.719. The van der Waals surface area contributed by atoms with Crippen molar-refractivity contribution >= 4 is 0 Å². The number of benzene rings is 1. The van der Waals surface area contributed by atoms with Crippen LogP contribution in [0.1, 0.15) is 44.1 Å². The maximum absolute atomic E-state index is 5.22. The van der Waals surface area contributed by atoms with Crippen LogP contribution in [-0.2, 0) is 0 Å². The molecule has 0 radical (unpaired) electrons. The van der Waals surface area contributed by atoms with Gasteiger partial charge < -0.3 is 10.1 Å². The predicted molar refractivity (Wildman–Crippen MR) is 87.0 cm³/mol. The van der Waals surface area contributed by atoms with Crippen LogP contribution in [0.3, 0.4) is 0 Å². The van der Waals surface area contributed by atoms with Crippen LogP contribution in [0.15, 0.2) is 24.3 Å². The molecule has 21 heavy (non-hydrogen) atoms. The number of likely N-dealkylation sites (N-methyl/N-ethyl adjacent to an activating group) is 1. The predicted octanol–water partition coefficient (Wildman–Crippen LogP) is 3.02. The van der Waals surface area contributed by atoms with Gasteiger partial charge in [-0.25, -0.2) is 0 Å². The summed E-state index contributed by atoms with van der Waals surface area (Å²) in [5.74, 6) is 1.69. The van der Waals surface area contributed by atoms with Gasteiger partial charge in [0.15, 0.2) is 0 Å². The van der Waals surface area contributed by atoms with Crippen molar-refractivity contribution in [3.05, 3.63) is 29.8 Å². The summed E-state index contributed by atoms with van der Waals surface area (Å²) in [6.45, 7) is 5.95. The number of likely N-dealkylation sites (tertiary alicyclic amines) is 1. The van der Waals surface area contributed by atoms with Gasteiger partial charge in [-0.2, -0.15) is 0 Å². The molecule has 1 saturated heterocycles. The number of hydrogen-bond acceptors (Lipinski definition) is 3. The van der Waals surface area contributed by atoms with Gasteiger partial charge >= 0.3 is 0 Å². The van der Waals surface area contributed by atoms with E-state index in [4.69, 9.17) is 4.74 Å². The Balaban J connectivity index is 1.41. The lowest BCUT2D eigenvalue weighted by Crippen LogP contribution is -2.46. The van der Waals surface area contributed by atoms with Crippen molar-refractivity contribution in [2.45, 2.75) is 50.6 Å². The van der Waals surface area contributed by atoms with Gasteiger partial charge in [-0.05, 0) is 62.4 Å². The Bertz CT molecular complexity index is 439. The molecule has 0 aromatic heterocycles. The van der Waals surface area contributed by atoms with Crippen molar-refractivity contribution in [1.82, 2.24) is 10.2 Å². The summed E-state index contributed by atoms with van der Waals surface area (Å²) in [6.07, 6.45) is 5.31. The zero-order valence-electron chi connectivity index (χ0n) is 13.3. The molecule has 1 aromatic carbocycles. The molecule has 116 valence electrons. The van der Waals surface area contributed by atoms with Crippen molar-refractivity contribution < 1.29 is 4.74 Å². The molecular weight excluding hydrogens is 260 g/mol. The Morgan fingerprint density at radius 3 is 2.67 bits per heavy atom. The highest BCUT2D eigenvalue weighted by molar-refractivity contribution is 5.30. The fourth-order valence-electron chi connectivity index (χ4n) is 3.78. The molecule has 1 unspecified atom stereocenters. The first-order valence-corrected chi connectivity index (χ1v) is 8.41. The lowest BCUT2D eigenvalue weighted by atomic mass is 9.76. The summed E-state index contributed by atoms with van der Waals surface area (Å²) < 4.78 is 5.22. The summed E-state index contributed by atoms with van der Waals surface area (Å²) >= 11 is 0. The number of methoxy groups -OCH3 is 1. The Kier molecular flexibility index (Phi) is 4.81. The second-order valence-corrected chi connectivity index (χ2v) is 6.47. The molecule has 3 heteroatoms. The Morgan fingerprint density at radius 2 is 2.00 bits per heavy atom. The van der Waals surface area contributed by atoms with E-state index in [0.717, 1.165) is 23.8 Å². The Labute approximate surface area is 128 Å². The second-order valence-electron chi connectivity index (χ2n) is 6.47. The monoisotopic (exact) mass is 288 g/mol. The molecular formula is C18H28N2O. The molecule has 1 saturated carbocycles. The van der Waals surface area contributed by atoms with Crippen LogP contribution in [0, 0.1) is 0 Å². The average molecular weight is 288 g/mol. The van der Waals surface area contributed by atoms with E-state index in [9.17, 15) is 0 Å². The fourth-order valence-corrected chi connectivity index (χ4v) is 3.78. The van der Waals surface area contributed by atoms with Gasteiger partial charge in [0.05, 0.1) is 7.11 Å². The van der Waals surface area contributed by atoms with E-state index in [2.05, 4.69) is 41.4 Å². The highest BCUT2D eigenvalue weighted by Crippen LogP contribution is 2.37. The molecule has 0 amide bonds. The third kappa shape index (κ3) is 3.41. The van der Waals surface area contributed by atoms with E-state index in [-0.39, 0.29) is 0 Å². The molecule has 0 spiro atoms. The molecule has 3 nitrogen and oxygen atoms in total. The SMILES string of the molecule is CCN1CCCC1CNC1CC(c2ccc(OC)cc2)C1. The smallest absolute Gasteiger partial charge is 0.118 e. The molecule has 0 bridgehead atoms. The van der Waals surface area contributed by atoms with E-state index in [1.165, 1.54) is 50.9 Å². The van der Waals surface area contributed by atoms with E-state index in [0.29, 0.717) is 0 Å². The number of ether oxygens (including phenoxy) is 1. The van der Waals surface area contributed by atoms with Crippen molar-refractivity contribution in [1.29, 1.82) is 0 Å². The summed E-state index contributed by atoms with van der Waals surface area (Å²) in [7, 11) is 1.72. The van der Waals surface area contributed by atoms with E-state index in [1.807, 2.05) is 0 Å². The fraction of sp³-hybridized carbons (Fsp3) is 0.667. The summed E-state index contributed by atoms with van der Waals surface area (Å²) in [6, 6.07) is 10.1. The first kappa shape index (κ1) is 14.9. The number of nitrogens with one attached hydrogen (secondary N) is 1. The molecule has 3 rings (SSSR count). The number of nitrogens with zero attached hydrogens (tertiary/aromatic N) is 1. The van der Waals surface area contributed by atoms with Crippen molar-refractivity contribution in [3.8, 4) is 5.75 Å². The summed E-state index contributed by atoms with van der Waals surface area (Å²) in [5, 5.41) is 3.78. The molecule has 1 N–H and O–H groups in total. The molecule has 2 aliphatic rings. The average Bonchev–Trinajstić information content (AvgIpc) is 2.94. The lowest BCUT2D eigenvalue weighted by molar-refractivity contribution is 0.225. The maximum Gasteiger partial charge on any atom is 0.118 e. The van der Waals surface area contributed by atoms with Gasteiger partial charge in [0, 0.05) is 18.6 Å². The van der Waals surface area contributed by atoms with Gasteiger partial charge in [0.25, 0.3) is 0 Å². The van der Waals surface area contributed by atoms with E-state index >= 15 is 0 Å². The normalized spacial score (nSPS) is 29.3. The highest BCUT2D eigenvalue weighted by atomic mass is 16.5. The van der Waals surface area contributed by atoms with Gasteiger partial charge in [-0.15, -0.1) is 0 Å². The highest BCUT2D eigenvalue weighted by Gasteiger charge is 2.31. The minimum Gasteiger partial charge on any atom is -0.497 e. The van der Waals surface area contributed by atoms with E-state index in [1.54, 1.807) is 7.11 Å². The molecule has 1 aliphatic heterocycles. The van der Waals surface area contributed by atoms with Crippen LogP contribution >= 0.6 is 0 Å². The van der Waals surface area contributed by atoms with Gasteiger partial charge in [-0.3, -0.25) is 4.90 Å². The number of rotatable bonds is 6. The zero-order valence-corrected chi connectivity index (χ0v) is 13.3. The molecule has 1 atom stereocenters. The topological polar surface area (TPSA) is 24.5 Å². The minimum atomic E-state index is 0.719. The largest absolute Gasteiger partial charge is 0.497 e. The van der Waals surface area contributed by atoms with Crippen LogP contribution in [0.4, 0.5) is 0 Å². The standard InChI is InChI=1S/C18H28N2O/c1-3-20-10-4-5-17(20)13-19-16-11-15(12-16)14-6-8-18(21-2)9-7-14/h6-9,15-17,19H,3-5,10-13H2,1-2H3. The van der Waals surface area contributed by atoms with Crippen LogP contribution in [0.5, 0.6) is 5.75 Å². The first-order valence-electron chi connectivity index (χ1n) is 8.41. The molecule has 1 aliphatic carbocycles. The third-order valence-electron chi connectivity index (χ3n) is 5.27. The quantitative estimate of drug-likeness (QED) is 0.871. The zero-order chi connectivity index (χ0) is 14.7. The Morgan fingerprint density at radius 1 is 1.24 bits per heavy atom. The first-order chi connectivity index (χ1) is 10.3. The van der Waals surface area contributed by atoms with E-state index < -0.39 is 0 Å². The summed E-state index contributed by atoms with van der Waals surface area (Å²) in [5.41, 5.74) is 1.46. The van der Waals surface area contributed by atoms with Crippen LogP contribution in [0.25, 0.3) is 0 Å². The van der Waals surface area contributed by atoms with Gasteiger partial charge in [0.1, 0.15) is 5.75 Å². The molecule has 1 aromatic rings. The Hall–Kier alpha value is -1.06. The van der Waals surface area contributed by atoms with Crippen molar-refractivity contribution in [2.24, 2.45) is 0 Å². The summed E-state index contributed by atoms with van der Waals surface area (Å²) in [4.78, 5) is 2.62. The van der Waals surface area contributed by atoms with Crippen LogP contribution in [-0.4, -0.2) is 43.7 Å². The van der Waals surface area contributed by atoms with Crippen LogP contribution < -0.4 is 10.1 Å². The second kappa shape index (κ2) is 6.80. The molecule has 2 fully saturated rings. The van der Waals surface area contributed by atoms with Gasteiger partial charge in [-0.1, -0.05) is 19.1 Å². The van der Waals surface area contributed by atoms with Gasteiger partial charge in [0.2, 0.25) is 0 Å². The third-order valence-corrected chi connectivity index (χ3v) is 5.27.